The number of benzene rings is 2. The van der Waals surface area contributed by atoms with Gasteiger partial charge in [-0.1, -0.05) is 35.9 Å². The zero-order valence-corrected chi connectivity index (χ0v) is 14.3. The standard InChI is InChI=1S/C17H16ClN3O2S/c18-16-5-7-17(8-6-16)24(22,23)20-11-14-3-1-2-4-15(14)12-21-10-9-19-13-21/h1-10,13,20H,11-12H2. The van der Waals surface area contributed by atoms with E-state index in [0.29, 0.717) is 11.6 Å². The monoisotopic (exact) mass is 361 g/mol. The van der Waals surface area contributed by atoms with Gasteiger partial charge in [-0.25, -0.2) is 18.1 Å². The number of hydrogen-bond donors (Lipinski definition) is 1. The van der Waals surface area contributed by atoms with E-state index in [0.717, 1.165) is 11.1 Å². The molecule has 0 fully saturated rings. The van der Waals surface area contributed by atoms with Gasteiger partial charge in [0.1, 0.15) is 0 Å². The Hall–Kier alpha value is -2.15. The third-order valence-electron chi connectivity index (χ3n) is 3.61. The molecule has 1 aromatic heterocycles. The summed E-state index contributed by atoms with van der Waals surface area (Å²) in [4.78, 5) is 4.21. The quantitative estimate of drug-likeness (QED) is 0.733. The van der Waals surface area contributed by atoms with Crippen molar-refractivity contribution >= 4 is 21.6 Å². The lowest BCUT2D eigenvalue weighted by Crippen LogP contribution is -2.24. The van der Waals surface area contributed by atoms with Gasteiger partial charge in [0, 0.05) is 30.5 Å². The minimum absolute atomic E-state index is 0.194. The second-order valence-electron chi connectivity index (χ2n) is 5.28. The van der Waals surface area contributed by atoms with E-state index in [1.54, 1.807) is 24.7 Å². The number of nitrogens with one attached hydrogen (secondary N) is 1. The van der Waals surface area contributed by atoms with E-state index in [9.17, 15) is 8.42 Å². The van der Waals surface area contributed by atoms with Crippen LogP contribution < -0.4 is 4.72 Å². The number of aromatic nitrogens is 2. The fraction of sp³-hybridized carbons (Fsp3) is 0.118. The van der Waals surface area contributed by atoms with E-state index < -0.39 is 10.0 Å². The number of sulfonamides is 1. The van der Waals surface area contributed by atoms with Crippen LogP contribution in [0.25, 0.3) is 0 Å². The highest BCUT2D eigenvalue weighted by Crippen LogP contribution is 2.16. The first-order chi connectivity index (χ1) is 11.5. The van der Waals surface area contributed by atoms with Gasteiger partial charge in [0.15, 0.2) is 0 Å². The molecular formula is C17H16ClN3O2S. The molecule has 0 saturated carbocycles. The highest BCUT2D eigenvalue weighted by molar-refractivity contribution is 7.89. The molecule has 124 valence electrons. The molecule has 5 nitrogen and oxygen atoms in total. The molecule has 0 radical (unpaired) electrons. The van der Waals surface area contributed by atoms with Crippen LogP contribution in [0, 0.1) is 0 Å². The van der Waals surface area contributed by atoms with Gasteiger partial charge in [-0.3, -0.25) is 0 Å². The van der Waals surface area contributed by atoms with Crippen molar-refractivity contribution in [1.82, 2.24) is 14.3 Å². The summed E-state index contributed by atoms with van der Waals surface area (Å²) in [7, 11) is -3.58. The van der Waals surface area contributed by atoms with E-state index in [4.69, 9.17) is 11.6 Å². The van der Waals surface area contributed by atoms with Gasteiger partial charge in [-0.2, -0.15) is 0 Å². The molecule has 1 heterocycles. The summed E-state index contributed by atoms with van der Waals surface area (Å²) in [5, 5.41) is 0.500. The van der Waals surface area contributed by atoms with Gasteiger partial charge < -0.3 is 4.57 Å². The predicted octanol–water partition coefficient (Wildman–Crippen LogP) is 3.06. The Bertz CT molecular complexity index is 907. The molecule has 2 aromatic carbocycles. The molecule has 3 aromatic rings. The first kappa shape index (κ1) is 16.7. The van der Waals surface area contributed by atoms with Crippen LogP contribution in [-0.4, -0.2) is 18.0 Å². The Morgan fingerprint density at radius 2 is 1.75 bits per heavy atom. The van der Waals surface area contributed by atoms with Crippen LogP contribution in [0.4, 0.5) is 0 Å². The van der Waals surface area contributed by atoms with Gasteiger partial charge in [0.05, 0.1) is 11.2 Å². The Morgan fingerprint density at radius 1 is 1.04 bits per heavy atom. The molecule has 0 aliphatic heterocycles. The third-order valence-corrected chi connectivity index (χ3v) is 5.28. The van der Waals surface area contributed by atoms with Gasteiger partial charge in [0.2, 0.25) is 10.0 Å². The summed E-state index contributed by atoms with van der Waals surface area (Å²) in [5.74, 6) is 0. The van der Waals surface area contributed by atoms with Gasteiger partial charge in [0.25, 0.3) is 0 Å². The Labute approximate surface area is 146 Å². The molecule has 0 unspecified atom stereocenters. The Kier molecular flexibility index (Phi) is 4.99. The molecule has 0 bridgehead atoms. The maximum Gasteiger partial charge on any atom is 0.240 e. The molecule has 0 aliphatic carbocycles. The summed E-state index contributed by atoms with van der Waals surface area (Å²) < 4.78 is 29.3. The lowest BCUT2D eigenvalue weighted by molar-refractivity contribution is 0.581. The minimum Gasteiger partial charge on any atom is -0.333 e. The molecule has 0 aliphatic rings. The van der Waals surface area contributed by atoms with E-state index in [1.165, 1.54) is 12.1 Å². The average molecular weight is 362 g/mol. The zero-order chi connectivity index (χ0) is 17.0. The normalized spacial score (nSPS) is 11.5. The number of rotatable bonds is 6. The number of hydrogen-bond acceptors (Lipinski definition) is 3. The highest BCUT2D eigenvalue weighted by Gasteiger charge is 2.14. The molecule has 0 amide bonds. The lowest BCUT2D eigenvalue weighted by atomic mass is 10.1. The van der Waals surface area contributed by atoms with Crippen molar-refractivity contribution in [2.75, 3.05) is 0 Å². The fourth-order valence-electron chi connectivity index (χ4n) is 2.33. The maximum atomic E-state index is 12.4. The molecule has 24 heavy (non-hydrogen) atoms. The van der Waals surface area contributed by atoms with E-state index in [2.05, 4.69) is 9.71 Å². The topological polar surface area (TPSA) is 64.0 Å². The van der Waals surface area contributed by atoms with Gasteiger partial charge in [-0.05, 0) is 35.4 Å². The van der Waals surface area contributed by atoms with Crippen molar-refractivity contribution in [2.45, 2.75) is 18.0 Å². The molecule has 7 heteroatoms. The third kappa shape index (κ3) is 4.03. The van der Waals surface area contributed by atoms with Crippen molar-refractivity contribution < 1.29 is 8.42 Å². The van der Waals surface area contributed by atoms with E-state index in [-0.39, 0.29) is 11.4 Å². The van der Waals surface area contributed by atoms with Crippen molar-refractivity contribution in [2.24, 2.45) is 0 Å². The molecule has 0 atom stereocenters. The van der Waals surface area contributed by atoms with E-state index >= 15 is 0 Å². The highest BCUT2D eigenvalue weighted by atomic mass is 35.5. The van der Waals surface area contributed by atoms with Crippen molar-refractivity contribution in [3.05, 3.63) is 83.4 Å². The second kappa shape index (κ2) is 7.17. The minimum atomic E-state index is -3.58. The molecular weight excluding hydrogens is 346 g/mol. The fourth-order valence-corrected chi connectivity index (χ4v) is 3.46. The summed E-state index contributed by atoms with van der Waals surface area (Å²) in [6.07, 6.45) is 5.31. The van der Waals surface area contributed by atoms with E-state index in [1.807, 2.05) is 35.0 Å². The number of imidazole rings is 1. The van der Waals surface area contributed by atoms with Crippen LogP contribution >= 0.6 is 11.6 Å². The SMILES string of the molecule is O=S(=O)(NCc1ccccc1Cn1ccnc1)c1ccc(Cl)cc1. The Balaban J connectivity index is 1.75. The second-order valence-corrected chi connectivity index (χ2v) is 7.49. The van der Waals surface area contributed by atoms with Crippen molar-refractivity contribution in [1.29, 1.82) is 0 Å². The summed E-state index contributed by atoms with van der Waals surface area (Å²) >= 11 is 5.80. The van der Waals surface area contributed by atoms with Crippen LogP contribution in [0.3, 0.4) is 0 Å². The first-order valence-corrected chi connectivity index (χ1v) is 9.18. The smallest absolute Gasteiger partial charge is 0.240 e. The van der Waals surface area contributed by atoms with Gasteiger partial charge in [-0.15, -0.1) is 0 Å². The molecule has 0 saturated heterocycles. The number of nitrogens with zero attached hydrogens (tertiary/aromatic N) is 2. The van der Waals surface area contributed by atoms with Crippen LogP contribution in [0.2, 0.25) is 5.02 Å². The van der Waals surface area contributed by atoms with Crippen molar-refractivity contribution in [3.8, 4) is 0 Å². The van der Waals surface area contributed by atoms with Crippen LogP contribution in [0.15, 0.2) is 72.1 Å². The average Bonchev–Trinajstić information content (AvgIpc) is 3.08. The largest absolute Gasteiger partial charge is 0.333 e. The first-order valence-electron chi connectivity index (χ1n) is 7.32. The molecule has 0 spiro atoms. The Morgan fingerprint density at radius 3 is 2.42 bits per heavy atom. The summed E-state index contributed by atoms with van der Waals surface area (Å²) in [5.41, 5.74) is 1.96. The van der Waals surface area contributed by atoms with Gasteiger partial charge >= 0.3 is 0 Å². The molecule has 3 rings (SSSR count). The van der Waals surface area contributed by atoms with Crippen LogP contribution in [-0.2, 0) is 23.1 Å². The lowest BCUT2D eigenvalue weighted by Gasteiger charge is -2.12. The summed E-state index contributed by atoms with van der Waals surface area (Å²) in [6, 6.07) is 13.8. The predicted molar refractivity (Wildman–Crippen MR) is 93.2 cm³/mol. The zero-order valence-electron chi connectivity index (χ0n) is 12.8. The van der Waals surface area contributed by atoms with Crippen molar-refractivity contribution in [3.63, 3.8) is 0 Å². The maximum absolute atomic E-state index is 12.4. The number of halogens is 1. The van der Waals surface area contributed by atoms with Crippen LogP contribution in [0.5, 0.6) is 0 Å². The van der Waals surface area contributed by atoms with Crippen LogP contribution in [0.1, 0.15) is 11.1 Å². The summed E-state index contributed by atoms with van der Waals surface area (Å²) in [6.45, 7) is 0.856. The molecule has 1 N–H and O–H groups in total.